The van der Waals surface area contributed by atoms with E-state index in [1.165, 1.54) is 27.0 Å². The first-order valence-electron chi connectivity index (χ1n) is 8.31. The first-order chi connectivity index (χ1) is 12.5. The fourth-order valence-electron chi connectivity index (χ4n) is 2.63. The van der Waals surface area contributed by atoms with Crippen molar-refractivity contribution in [2.75, 3.05) is 24.2 Å². The van der Waals surface area contributed by atoms with Crippen molar-refractivity contribution in [1.82, 2.24) is 14.5 Å². The van der Waals surface area contributed by atoms with Gasteiger partial charge in [-0.3, -0.25) is 4.79 Å². The average molecular weight is 433 g/mol. The summed E-state index contributed by atoms with van der Waals surface area (Å²) in [5.41, 5.74) is 0. The zero-order chi connectivity index (χ0) is 18.6. The number of rotatable bonds is 7. The van der Waals surface area contributed by atoms with Gasteiger partial charge in [0.1, 0.15) is 4.21 Å². The number of hydrogen-bond acceptors (Lipinski definition) is 8. The lowest BCUT2D eigenvalue weighted by Gasteiger charge is -2.30. The van der Waals surface area contributed by atoms with Crippen molar-refractivity contribution in [2.45, 2.75) is 34.7 Å². The quantitative estimate of drug-likeness (QED) is 0.534. The van der Waals surface area contributed by atoms with Gasteiger partial charge in [0.15, 0.2) is 4.34 Å². The highest BCUT2D eigenvalue weighted by Gasteiger charge is 2.34. The topological polar surface area (TPSA) is 92.3 Å². The smallest absolute Gasteiger partial charge is 0.252 e. The van der Waals surface area contributed by atoms with Crippen LogP contribution in [0.3, 0.4) is 0 Å². The fourth-order valence-corrected chi connectivity index (χ4v) is 6.98. The summed E-state index contributed by atoms with van der Waals surface area (Å²) in [6, 6.07) is 3.32. The number of carbonyl (C=O) groups excluding carboxylic acids is 1. The van der Waals surface area contributed by atoms with Crippen LogP contribution in [-0.4, -0.2) is 47.7 Å². The molecule has 0 aromatic carbocycles. The summed E-state index contributed by atoms with van der Waals surface area (Å²) >= 11 is 4.16. The zero-order valence-electron chi connectivity index (χ0n) is 14.3. The number of aromatic nitrogens is 2. The van der Waals surface area contributed by atoms with E-state index in [1.807, 2.05) is 0 Å². The second-order valence-corrected chi connectivity index (χ2v) is 11.3. The molecule has 1 aliphatic rings. The third kappa shape index (κ3) is 4.63. The van der Waals surface area contributed by atoms with Crippen LogP contribution in [0.15, 0.2) is 26.1 Å². The lowest BCUT2D eigenvalue weighted by Crippen LogP contribution is -2.43. The summed E-state index contributed by atoms with van der Waals surface area (Å²) < 4.78 is 27.9. The molecule has 1 fully saturated rings. The number of nitrogens with one attached hydrogen (secondary N) is 1. The maximum absolute atomic E-state index is 12.7. The Kier molecular flexibility index (Phi) is 6.67. The molecule has 1 saturated heterocycles. The SMILES string of the molecule is CCCSc1nnc(NC(=O)C2CCCN(S(=O)(=O)c3cccs3)C2)s1. The second kappa shape index (κ2) is 8.79. The van der Waals surface area contributed by atoms with Gasteiger partial charge < -0.3 is 5.32 Å². The number of amides is 1. The summed E-state index contributed by atoms with van der Waals surface area (Å²) in [5, 5.41) is 13.0. The monoisotopic (exact) mass is 432 g/mol. The van der Waals surface area contributed by atoms with Crippen LogP contribution in [-0.2, 0) is 14.8 Å². The molecule has 0 radical (unpaired) electrons. The van der Waals surface area contributed by atoms with Gasteiger partial charge in [-0.1, -0.05) is 36.1 Å². The van der Waals surface area contributed by atoms with E-state index in [0.717, 1.165) is 16.5 Å². The van der Waals surface area contributed by atoms with Gasteiger partial charge in [-0.2, -0.15) is 4.31 Å². The predicted molar refractivity (Wildman–Crippen MR) is 105 cm³/mol. The Bertz CT molecular complexity index is 835. The van der Waals surface area contributed by atoms with Gasteiger partial charge in [-0.15, -0.1) is 21.5 Å². The van der Waals surface area contributed by atoms with Crippen molar-refractivity contribution >= 4 is 55.5 Å². The van der Waals surface area contributed by atoms with E-state index < -0.39 is 10.0 Å². The van der Waals surface area contributed by atoms with Crippen molar-refractivity contribution in [1.29, 1.82) is 0 Å². The number of piperidine rings is 1. The fraction of sp³-hybridized carbons (Fsp3) is 0.533. The molecule has 1 amide bonds. The summed E-state index contributed by atoms with van der Waals surface area (Å²) in [6.45, 7) is 2.73. The number of hydrogen-bond donors (Lipinski definition) is 1. The first-order valence-corrected chi connectivity index (χ1v) is 12.4. The molecule has 1 aliphatic heterocycles. The van der Waals surface area contributed by atoms with Gasteiger partial charge in [0.2, 0.25) is 11.0 Å². The molecule has 0 aliphatic carbocycles. The third-order valence-corrected chi connectivity index (χ3v) is 9.33. The van der Waals surface area contributed by atoms with E-state index in [9.17, 15) is 13.2 Å². The van der Waals surface area contributed by atoms with E-state index in [1.54, 1.807) is 29.3 Å². The number of sulfonamides is 1. The number of carbonyl (C=O) groups is 1. The number of thioether (sulfide) groups is 1. The van der Waals surface area contributed by atoms with Crippen LogP contribution in [0.2, 0.25) is 0 Å². The molecule has 3 rings (SSSR count). The van der Waals surface area contributed by atoms with E-state index in [0.29, 0.717) is 28.7 Å². The minimum absolute atomic E-state index is 0.195. The van der Waals surface area contributed by atoms with Crippen LogP contribution in [0.4, 0.5) is 5.13 Å². The maximum atomic E-state index is 12.7. The second-order valence-electron chi connectivity index (χ2n) is 5.85. The van der Waals surface area contributed by atoms with Crippen LogP contribution >= 0.6 is 34.4 Å². The van der Waals surface area contributed by atoms with Crippen molar-refractivity contribution in [3.63, 3.8) is 0 Å². The standard InChI is InChI=1S/C15H20N4O3S4/c1-2-8-24-15-18-17-14(25-15)16-13(20)11-5-3-7-19(10-11)26(21,22)12-6-4-9-23-12/h4,6,9,11H,2-3,5,7-8,10H2,1H3,(H,16,17,20). The molecule has 0 spiro atoms. The lowest BCUT2D eigenvalue weighted by molar-refractivity contribution is -0.120. The van der Waals surface area contributed by atoms with Crippen LogP contribution in [0.25, 0.3) is 0 Å². The van der Waals surface area contributed by atoms with E-state index >= 15 is 0 Å². The minimum atomic E-state index is -3.52. The maximum Gasteiger partial charge on any atom is 0.252 e. The largest absolute Gasteiger partial charge is 0.300 e. The zero-order valence-corrected chi connectivity index (χ0v) is 17.5. The van der Waals surface area contributed by atoms with Crippen LogP contribution in [0.1, 0.15) is 26.2 Å². The average Bonchev–Trinajstić information content (AvgIpc) is 3.32. The number of anilines is 1. The molecular formula is C15H20N4O3S4. The highest BCUT2D eigenvalue weighted by Crippen LogP contribution is 2.29. The lowest BCUT2D eigenvalue weighted by atomic mass is 9.99. The molecule has 3 heterocycles. The van der Waals surface area contributed by atoms with Crippen LogP contribution in [0.5, 0.6) is 0 Å². The molecule has 1 N–H and O–H groups in total. The van der Waals surface area contributed by atoms with E-state index in [4.69, 9.17) is 0 Å². The molecule has 7 nitrogen and oxygen atoms in total. The highest BCUT2D eigenvalue weighted by atomic mass is 32.2. The van der Waals surface area contributed by atoms with Crippen molar-refractivity contribution in [3.05, 3.63) is 17.5 Å². The summed E-state index contributed by atoms with van der Waals surface area (Å²) in [4.78, 5) is 12.6. The van der Waals surface area contributed by atoms with Crippen molar-refractivity contribution in [2.24, 2.45) is 5.92 Å². The van der Waals surface area contributed by atoms with Crippen molar-refractivity contribution < 1.29 is 13.2 Å². The summed E-state index contributed by atoms with van der Waals surface area (Å²) in [5.74, 6) is 0.384. The van der Waals surface area contributed by atoms with Gasteiger partial charge in [-0.05, 0) is 30.7 Å². The van der Waals surface area contributed by atoms with Crippen LogP contribution < -0.4 is 5.32 Å². The predicted octanol–water partition coefficient (Wildman–Crippen LogP) is 3.14. The molecule has 142 valence electrons. The van der Waals surface area contributed by atoms with Gasteiger partial charge >= 0.3 is 0 Å². The number of nitrogens with zero attached hydrogens (tertiary/aromatic N) is 3. The Morgan fingerprint density at radius 1 is 1.46 bits per heavy atom. The molecule has 1 unspecified atom stereocenters. The minimum Gasteiger partial charge on any atom is -0.300 e. The van der Waals surface area contributed by atoms with E-state index in [2.05, 4.69) is 22.4 Å². The molecule has 11 heteroatoms. The van der Waals surface area contributed by atoms with Crippen LogP contribution in [0, 0.1) is 5.92 Å². The molecule has 26 heavy (non-hydrogen) atoms. The normalized spacial score (nSPS) is 18.7. The Balaban J connectivity index is 1.62. The Morgan fingerprint density at radius 2 is 2.31 bits per heavy atom. The van der Waals surface area contributed by atoms with Gasteiger partial charge in [0.25, 0.3) is 10.0 Å². The molecular weight excluding hydrogens is 412 g/mol. The summed E-state index contributed by atoms with van der Waals surface area (Å²) in [7, 11) is -3.52. The Labute approximate surface area is 165 Å². The Hall–Kier alpha value is -1.01. The van der Waals surface area contributed by atoms with Gasteiger partial charge in [0, 0.05) is 18.8 Å². The van der Waals surface area contributed by atoms with Gasteiger partial charge in [0.05, 0.1) is 5.92 Å². The molecule has 1 atom stereocenters. The van der Waals surface area contributed by atoms with Crippen molar-refractivity contribution in [3.8, 4) is 0 Å². The molecule has 0 bridgehead atoms. The van der Waals surface area contributed by atoms with E-state index in [-0.39, 0.29) is 18.4 Å². The molecule has 2 aromatic rings. The first kappa shape index (κ1) is 19.7. The number of thiophene rings is 1. The Morgan fingerprint density at radius 3 is 3.04 bits per heavy atom. The summed E-state index contributed by atoms with van der Waals surface area (Å²) in [6.07, 6.45) is 2.37. The third-order valence-electron chi connectivity index (χ3n) is 3.91. The van der Waals surface area contributed by atoms with Gasteiger partial charge in [-0.25, -0.2) is 8.42 Å². The molecule has 0 saturated carbocycles. The molecule has 2 aromatic heterocycles. The highest BCUT2D eigenvalue weighted by molar-refractivity contribution is 8.01.